The molecule has 93 valence electrons. The molecule has 0 aliphatic carbocycles. The van der Waals surface area contributed by atoms with Crippen LogP contribution in [-0.4, -0.2) is 10.1 Å². The summed E-state index contributed by atoms with van der Waals surface area (Å²) in [6, 6.07) is 11.5. The van der Waals surface area contributed by atoms with Crippen molar-refractivity contribution >= 4 is 0 Å². The molecule has 1 heterocycles. The van der Waals surface area contributed by atoms with E-state index in [9.17, 15) is 13.2 Å². The standard InChI is InChI=1S/C13H9F3NO/c14-13(15,16)12-7-9(8-18)6-11(17-12)10-4-2-1-3-5-10/h2-7,18H,8H2. The van der Waals surface area contributed by atoms with Gasteiger partial charge in [0.15, 0.2) is 0 Å². The predicted molar refractivity (Wildman–Crippen MR) is 59.4 cm³/mol. The fourth-order valence-electron chi connectivity index (χ4n) is 1.53. The molecule has 2 rings (SSSR count). The molecule has 0 saturated carbocycles. The van der Waals surface area contributed by atoms with Crippen LogP contribution < -0.4 is 0 Å². The van der Waals surface area contributed by atoms with Crippen LogP contribution in [0, 0.1) is 6.07 Å². The lowest BCUT2D eigenvalue weighted by Gasteiger charge is -2.10. The van der Waals surface area contributed by atoms with Crippen LogP contribution in [0.5, 0.6) is 0 Å². The van der Waals surface area contributed by atoms with Crippen molar-refractivity contribution in [3.05, 3.63) is 53.7 Å². The van der Waals surface area contributed by atoms with Crippen molar-refractivity contribution in [2.24, 2.45) is 0 Å². The second kappa shape index (κ2) is 4.78. The SMILES string of the molecule is OCc1cc(-c2cc[c]cc2)nc(C(F)(F)F)c1. The van der Waals surface area contributed by atoms with Crippen molar-refractivity contribution in [2.45, 2.75) is 12.8 Å². The van der Waals surface area contributed by atoms with Crippen molar-refractivity contribution in [2.75, 3.05) is 0 Å². The van der Waals surface area contributed by atoms with Gasteiger partial charge in [-0.25, -0.2) is 4.98 Å². The molecule has 1 aromatic heterocycles. The molecule has 18 heavy (non-hydrogen) atoms. The zero-order valence-corrected chi connectivity index (χ0v) is 9.20. The minimum absolute atomic E-state index is 0.181. The van der Waals surface area contributed by atoms with Crippen molar-refractivity contribution in [1.29, 1.82) is 0 Å². The van der Waals surface area contributed by atoms with Gasteiger partial charge < -0.3 is 5.11 Å². The molecule has 0 spiro atoms. The van der Waals surface area contributed by atoms with Crippen LogP contribution in [0.1, 0.15) is 11.3 Å². The van der Waals surface area contributed by atoms with Gasteiger partial charge in [-0.05, 0) is 23.8 Å². The second-order valence-corrected chi connectivity index (χ2v) is 3.69. The molecule has 0 fully saturated rings. The Morgan fingerprint density at radius 2 is 1.83 bits per heavy atom. The van der Waals surface area contributed by atoms with Gasteiger partial charge in [-0.3, -0.25) is 0 Å². The number of hydrogen-bond donors (Lipinski definition) is 1. The molecule has 5 heteroatoms. The average molecular weight is 252 g/mol. The van der Waals surface area contributed by atoms with Crippen LogP contribution in [0.25, 0.3) is 11.3 Å². The summed E-state index contributed by atoms with van der Waals surface area (Å²) in [5, 5.41) is 9.00. The average Bonchev–Trinajstić information content (AvgIpc) is 2.38. The van der Waals surface area contributed by atoms with Crippen molar-refractivity contribution in [3.8, 4) is 11.3 Å². The number of benzene rings is 1. The van der Waals surface area contributed by atoms with E-state index in [1.165, 1.54) is 6.07 Å². The summed E-state index contributed by atoms with van der Waals surface area (Å²) in [7, 11) is 0. The van der Waals surface area contributed by atoms with E-state index < -0.39 is 18.5 Å². The molecule has 0 unspecified atom stereocenters. The first-order valence-electron chi connectivity index (χ1n) is 5.16. The number of alkyl halides is 3. The lowest BCUT2D eigenvalue weighted by molar-refractivity contribution is -0.141. The highest BCUT2D eigenvalue weighted by molar-refractivity contribution is 5.59. The van der Waals surface area contributed by atoms with Gasteiger partial charge in [0.25, 0.3) is 0 Å². The maximum atomic E-state index is 12.6. The van der Waals surface area contributed by atoms with E-state index in [0.717, 1.165) is 6.07 Å². The highest BCUT2D eigenvalue weighted by Crippen LogP contribution is 2.30. The predicted octanol–water partition coefficient (Wildman–Crippen LogP) is 3.06. The van der Waals surface area contributed by atoms with Crippen LogP contribution in [0.15, 0.2) is 36.4 Å². The maximum absolute atomic E-state index is 12.6. The zero-order chi connectivity index (χ0) is 13.2. The minimum atomic E-state index is -4.53. The topological polar surface area (TPSA) is 33.1 Å². The third-order valence-corrected chi connectivity index (χ3v) is 2.37. The molecule has 1 aromatic carbocycles. The third-order valence-electron chi connectivity index (χ3n) is 2.37. The smallest absolute Gasteiger partial charge is 0.392 e. The van der Waals surface area contributed by atoms with E-state index >= 15 is 0 Å². The fourth-order valence-corrected chi connectivity index (χ4v) is 1.53. The van der Waals surface area contributed by atoms with Crippen LogP contribution in [-0.2, 0) is 12.8 Å². The number of hydrogen-bond acceptors (Lipinski definition) is 2. The molecular formula is C13H9F3NO. The highest BCUT2D eigenvalue weighted by atomic mass is 19.4. The Bertz CT molecular complexity index is 538. The molecule has 0 amide bonds. The highest BCUT2D eigenvalue weighted by Gasteiger charge is 2.33. The summed E-state index contributed by atoms with van der Waals surface area (Å²) in [5.41, 5.74) is -0.0885. The molecule has 0 aliphatic heterocycles. The van der Waals surface area contributed by atoms with Gasteiger partial charge in [0.05, 0.1) is 12.3 Å². The molecule has 0 atom stereocenters. The Hall–Kier alpha value is -1.88. The van der Waals surface area contributed by atoms with Crippen LogP contribution >= 0.6 is 0 Å². The number of nitrogens with zero attached hydrogens (tertiary/aromatic N) is 1. The van der Waals surface area contributed by atoms with Crippen molar-refractivity contribution in [1.82, 2.24) is 4.98 Å². The van der Waals surface area contributed by atoms with E-state index in [-0.39, 0.29) is 11.3 Å². The summed E-state index contributed by atoms with van der Waals surface area (Å²) >= 11 is 0. The number of rotatable bonds is 2. The molecule has 0 saturated heterocycles. The zero-order valence-electron chi connectivity index (χ0n) is 9.20. The summed E-state index contributed by atoms with van der Waals surface area (Å²) < 4.78 is 37.9. The number of aromatic nitrogens is 1. The Kier molecular flexibility index (Phi) is 3.34. The molecule has 1 radical (unpaired) electrons. The monoisotopic (exact) mass is 252 g/mol. The number of aliphatic hydroxyl groups excluding tert-OH is 1. The van der Waals surface area contributed by atoms with E-state index in [0.29, 0.717) is 5.56 Å². The molecular weight excluding hydrogens is 243 g/mol. The first kappa shape index (κ1) is 12.6. The quantitative estimate of drug-likeness (QED) is 0.891. The van der Waals surface area contributed by atoms with Crippen LogP contribution in [0.4, 0.5) is 13.2 Å². The van der Waals surface area contributed by atoms with Crippen molar-refractivity contribution in [3.63, 3.8) is 0 Å². The van der Waals surface area contributed by atoms with Gasteiger partial charge >= 0.3 is 6.18 Å². The van der Waals surface area contributed by atoms with Gasteiger partial charge in [0.1, 0.15) is 5.69 Å². The molecule has 0 aliphatic rings. The van der Waals surface area contributed by atoms with Gasteiger partial charge in [-0.2, -0.15) is 13.2 Å². The Labute approximate surface area is 102 Å². The first-order valence-corrected chi connectivity index (χ1v) is 5.16. The Balaban J connectivity index is 2.55. The summed E-state index contributed by atoms with van der Waals surface area (Å²) in [4.78, 5) is 3.57. The summed E-state index contributed by atoms with van der Waals surface area (Å²) in [5.74, 6) is 0. The van der Waals surface area contributed by atoms with Crippen LogP contribution in [0.3, 0.4) is 0 Å². The van der Waals surface area contributed by atoms with E-state index in [4.69, 9.17) is 5.11 Å². The third kappa shape index (κ3) is 2.68. The van der Waals surface area contributed by atoms with E-state index in [1.54, 1.807) is 24.3 Å². The number of aliphatic hydroxyl groups is 1. The molecule has 2 aromatic rings. The van der Waals surface area contributed by atoms with Gasteiger partial charge in [-0.1, -0.05) is 24.3 Å². The van der Waals surface area contributed by atoms with E-state index in [1.807, 2.05) is 0 Å². The summed E-state index contributed by atoms with van der Waals surface area (Å²) in [6.45, 7) is -0.461. The molecule has 0 bridgehead atoms. The molecule has 2 nitrogen and oxygen atoms in total. The minimum Gasteiger partial charge on any atom is -0.392 e. The summed E-state index contributed by atoms with van der Waals surface area (Å²) in [6.07, 6.45) is -4.53. The normalized spacial score (nSPS) is 11.6. The van der Waals surface area contributed by atoms with Crippen LogP contribution in [0.2, 0.25) is 0 Å². The van der Waals surface area contributed by atoms with E-state index in [2.05, 4.69) is 11.1 Å². The Morgan fingerprint density at radius 3 is 2.39 bits per heavy atom. The largest absolute Gasteiger partial charge is 0.433 e. The number of halogens is 3. The van der Waals surface area contributed by atoms with Gasteiger partial charge in [0.2, 0.25) is 0 Å². The lowest BCUT2D eigenvalue weighted by atomic mass is 10.1. The second-order valence-electron chi connectivity index (χ2n) is 3.69. The fraction of sp³-hybridized carbons (Fsp3) is 0.154. The first-order chi connectivity index (χ1) is 8.50. The Morgan fingerprint density at radius 1 is 1.17 bits per heavy atom. The lowest BCUT2D eigenvalue weighted by Crippen LogP contribution is -2.09. The number of pyridine rings is 1. The van der Waals surface area contributed by atoms with Gasteiger partial charge in [0, 0.05) is 5.56 Å². The van der Waals surface area contributed by atoms with Gasteiger partial charge in [-0.15, -0.1) is 0 Å². The van der Waals surface area contributed by atoms with Crippen molar-refractivity contribution < 1.29 is 18.3 Å². The molecule has 1 N–H and O–H groups in total. The maximum Gasteiger partial charge on any atom is 0.433 e.